The molecule has 0 atom stereocenters. The number of halogens is 1. The molecule has 0 aliphatic carbocycles. The summed E-state index contributed by atoms with van der Waals surface area (Å²) < 4.78 is 12.1. The Labute approximate surface area is 121 Å². The molecular formula is C13H8BrN3O3. The van der Waals surface area contributed by atoms with E-state index in [1.54, 1.807) is 42.6 Å². The molecule has 0 saturated heterocycles. The Morgan fingerprint density at radius 3 is 2.65 bits per heavy atom. The van der Waals surface area contributed by atoms with Crippen LogP contribution in [0.4, 0.5) is 0 Å². The fourth-order valence-corrected chi connectivity index (χ4v) is 1.76. The maximum Gasteiger partial charge on any atom is 0.445 e. The van der Waals surface area contributed by atoms with Gasteiger partial charge in [-0.3, -0.25) is 0 Å². The summed E-state index contributed by atoms with van der Waals surface area (Å²) in [5, 5.41) is 3.94. The quantitative estimate of drug-likeness (QED) is 0.737. The van der Waals surface area contributed by atoms with Crippen molar-refractivity contribution in [2.45, 2.75) is 0 Å². The van der Waals surface area contributed by atoms with E-state index in [-0.39, 0.29) is 6.08 Å². The lowest BCUT2D eigenvalue weighted by Crippen LogP contribution is -2.14. The van der Waals surface area contributed by atoms with Crippen molar-refractivity contribution in [3.63, 3.8) is 0 Å². The summed E-state index contributed by atoms with van der Waals surface area (Å²) in [6, 6.07) is 12.3. The Hall–Kier alpha value is -2.41. The lowest BCUT2D eigenvalue weighted by molar-refractivity contribution is 0.320. The van der Waals surface area contributed by atoms with Crippen molar-refractivity contribution in [3.05, 3.63) is 63.7 Å². The summed E-state index contributed by atoms with van der Waals surface area (Å²) in [5.74, 6) is 0.222. The molecule has 0 N–H and O–H groups in total. The molecule has 3 rings (SSSR count). The lowest BCUT2D eigenvalue weighted by atomic mass is 10.3. The molecule has 0 unspecified atom stereocenters. The van der Waals surface area contributed by atoms with Crippen molar-refractivity contribution in [3.8, 4) is 17.6 Å². The van der Waals surface area contributed by atoms with Crippen molar-refractivity contribution in [1.82, 2.24) is 14.8 Å². The SMILES string of the molecule is O=c1oc(Oc2ccccc2)nn1-c1ccc(Br)cn1. The third-order valence-electron chi connectivity index (χ3n) is 2.41. The summed E-state index contributed by atoms with van der Waals surface area (Å²) in [4.78, 5) is 15.8. The van der Waals surface area contributed by atoms with Gasteiger partial charge in [0.05, 0.1) is 0 Å². The van der Waals surface area contributed by atoms with Crippen LogP contribution >= 0.6 is 15.9 Å². The summed E-state index contributed by atoms with van der Waals surface area (Å²) >= 11 is 3.27. The van der Waals surface area contributed by atoms with Gasteiger partial charge < -0.3 is 9.15 Å². The van der Waals surface area contributed by atoms with E-state index in [4.69, 9.17) is 9.15 Å². The van der Waals surface area contributed by atoms with Crippen LogP contribution in [0.5, 0.6) is 11.8 Å². The lowest BCUT2D eigenvalue weighted by Gasteiger charge is -1.98. The third kappa shape index (κ3) is 2.62. The van der Waals surface area contributed by atoms with Gasteiger partial charge in [-0.15, -0.1) is 4.68 Å². The fraction of sp³-hybridized carbons (Fsp3) is 0. The third-order valence-corrected chi connectivity index (χ3v) is 2.88. The second kappa shape index (κ2) is 5.30. The molecule has 20 heavy (non-hydrogen) atoms. The Kier molecular flexibility index (Phi) is 3.34. The van der Waals surface area contributed by atoms with Crippen molar-refractivity contribution in [2.75, 3.05) is 0 Å². The molecule has 0 spiro atoms. The van der Waals surface area contributed by atoms with Crippen LogP contribution in [0, 0.1) is 0 Å². The number of pyridine rings is 1. The zero-order valence-electron chi connectivity index (χ0n) is 10.1. The van der Waals surface area contributed by atoms with E-state index in [1.807, 2.05) is 6.07 Å². The van der Waals surface area contributed by atoms with Gasteiger partial charge in [-0.25, -0.2) is 9.78 Å². The highest BCUT2D eigenvalue weighted by atomic mass is 79.9. The van der Waals surface area contributed by atoms with E-state index in [1.165, 1.54) is 0 Å². The highest BCUT2D eigenvalue weighted by Gasteiger charge is 2.12. The number of nitrogens with zero attached hydrogens (tertiary/aromatic N) is 3. The van der Waals surface area contributed by atoms with Gasteiger partial charge in [0.1, 0.15) is 5.75 Å². The van der Waals surface area contributed by atoms with E-state index < -0.39 is 5.76 Å². The Balaban J connectivity index is 1.91. The van der Waals surface area contributed by atoms with Gasteiger partial charge in [0.15, 0.2) is 5.82 Å². The van der Waals surface area contributed by atoms with Gasteiger partial charge in [0.2, 0.25) is 0 Å². The molecule has 2 aromatic heterocycles. The number of benzene rings is 1. The van der Waals surface area contributed by atoms with Crippen molar-refractivity contribution < 1.29 is 9.15 Å². The maximum absolute atomic E-state index is 11.7. The average Bonchev–Trinajstić information content (AvgIpc) is 2.81. The highest BCUT2D eigenvalue weighted by molar-refractivity contribution is 9.10. The van der Waals surface area contributed by atoms with E-state index in [9.17, 15) is 4.79 Å². The van der Waals surface area contributed by atoms with Gasteiger partial charge in [-0.1, -0.05) is 23.3 Å². The van der Waals surface area contributed by atoms with Gasteiger partial charge in [-0.2, -0.15) is 0 Å². The molecule has 0 aliphatic heterocycles. The number of hydrogen-bond donors (Lipinski definition) is 0. The molecule has 7 heteroatoms. The first-order valence-electron chi connectivity index (χ1n) is 5.67. The second-order valence-corrected chi connectivity index (χ2v) is 4.71. The largest absolute Gasteiger partial charge is 0.445 e. The van der Waals surface area contributed by atoms with Gasteiger partial charge in [0.25, 0.3) is 0 Å². The molecule has 0 radical (unpaired) electrons. The predicted molar refractivity (Wildman–Crippen MR) is 74.1 cm³/mol. The second-order valence-electron chi connectivity index (χ2n) is 3.80. The zero-order chi connectivity index (χ0) is 13.9. The molecule has 100 valence electrons. The van der Waals surface area contributed by atoms with Crippen LogP contribution < -0.4 is 10.5 Å². The molecule has 2 heterocycles. The number of ether oxygens (including phenoxy) is 1. The zero-order valence-corrected chi connectivity index (χ0v) is 11.6. The summed E-state index contributed by atoms with van der Waals surface area (Å²) in [6.45, 7) is 0. The summed E-state index contributed by atoms with van der Waals surface area (Å²) in [7, 11) is 0. The fourth-order valence-electron chi connectivity index (χ4n) is 1.53. The van der Waals surface area contributed by atoms with E-state index in [0.29, 0.717) is 11.6 Å². The van der Waals surface area contributed by atoms with Crippen molar-refractivity contribution >= 4 is 15.9 Å². The van der Waals surface area contributed by atoms with Crippen LogP contribution in [0.1, 0.15) is 0 Å². The Morgan fingerprint density at radius 2 is 1.95 bits per heavy atom. The number of para-hydroxylation sites is 1. The smallest absolute Gasteiger partial charge is 0.410 e. The minimum Gasteiger partial charge on any atom is -0.410 e. The first-order valence-corrected chi connectivity index (χ1v) is 6.47. The molecule has 6 nitrogen and oxygen atoms in total. The standard InChI is InChI=1S/C13H8BrN3O3/c14-9-6-7-11(15-8-9)17-13(18)20-12(16-17)19-10-4-2-1-3-5-10/h1-8H. The molecule has 0 saturated carbocycles. The Bertz CT molecular complexity index is 766. The normalized spacial score (nSPS) is 10.4. The van der Waals surface area contributed by atoms with E-state index in [0.717, 1.165) is 9.15 Å². The van der Waals surface area contributed by atoms with E-state index in [2.05, 4.69) is 26.0 Å². The molecule has 3 aromatic rings. The van der Waals surface area contributed by atoms with Crippen LogP contribution in [0.25, 0.3) is 5.82 Å². The monoisotopic (exact) mass is 333 g/mol. The van der Waals surface area contributed by atoms with Crippen molar-refractivity contribution in [1.29, 1.82) is 0 Å². The van der Waals surface area contributed by atoms with E-state index >= 15 is 0 Å². The maximum atomic E-state index is 11.7. The van der Waals surface area contributed by atoms with Gasteiger partial charge in [0, 0.05) is 10.7 Å². The van der Waals surface area contributed by atoms with Crippen LogP contribution in [-0.2, 0) is 0 Å². The van der Waals surface area contributed by atoms with Crippen LogP contribution in [0.3, 0.4) is 0 Å². The number of hydrogen-bond acceptors (Lipinski definition) is 5. The topological polar surface area (TPSA) is 70.2 Å². The van der Waals surface area contributed by atoms with Crippen LogP contribution in [0.15, 0.2) is 62.3 Å². The first-order chi connectivity index (χ1) is 9.72. The van der Waals surface area contributed by atoms with Crippen molar-refractivity contribution in [2.24, 2.45) is 0 Å². The molecule has 0 amide bonds. The molecule has 0 bridgehead atoms. The molecule has 1 aromatic carbocycles. The van der Waals surface area contributed by atoms with Gasteiger partial charge >= 0.3 is 11.8 Å². The number of rotatable bonds is 3. The Morgan fingerprint density at radius 1 is 1.15 bits per heavy atom. The molecular weight excluding hydrogens is 326 g/mol. The van der Waals surface area contributed by atoms with Crippen LogP contribution in [-0.4, -0.2) is 14.8 Å². The van der Waals surface area contributed by atoms with Gasteiger partial charge in [-0.05, 0) is 40.2 Å². The predicted octanol–water partition coefficient (Wildman–Crippen LogP) is 2.78. The summed E-state index contributed by atoms with van der Waals surface area (Å²) in [5.41, 5.74) is 0. The average molecular weight is 334 g/mol. The molecule has 0 fully saturated rings. The molecule has 0 aliphatic rings. The first kappa shape index (κ1) is 12.6. The van der Waals surface area contributed by atoms with Crippen LogP contribution in [0.2, 0.25) is 0 Å². The summed E-state index contributed by atoms with van der Waals surface area (Å²) in [6.07, 6.45) is 1.43. The highest BCUT2D eigenvalue weighted by Crippen LogP contribution is 2.18. The minimum atomic E-state index is -0.661. The minimum absolute atomic E-state index is 0.133. The number of aromatic nitrogens is 3.